The number of hydrogen-bond acceptors (Lipinski definition) is 3. The maximum absolute atomic E-state index is 10.7. The summed E-state index contributed by atoms with van der Waals surface area (Å²) in [6.07, 6.45) is 20.5. The maximum Gasteiger partial charge on any atom is 0.485 e. The smallest absolute Gasteiger partial charge is 0.485 e. The highest BCUT2D eigenvalue weighted by Gasteiger charge is 2.36. The summed E-state index contributed by atoms with van der Waals surface area (Å²) < 4.78 is 58.9. The van der Waals surface area contributed by atoms with Crippen molar-refractivity contribution in [2.24, 2.45) is 5.92 Å². The molecule has 1 aliphatic rings. The van der Waals surface area contributed by atoms with Gasteiger partial charge in [0, 0.05) is 5.92 Å². The third-order valence-corrected chi connectivity index (χ3v) is 6.15. The largest absolute Gasteiger partial charge is 0.741 e. The van der Waals surface area contributed by atoms with Crippen LogP contribution in [0.15, 0.2) is 0 Å². The van der Waals surface area contributed by atoms with Crippen LogP contribution in [0.2, 0.25) is 0 Å². The van der Waals surface area contributed by atoms with Gasteiger partial charge in [-0.1, -0.05) is 71.6 Å². The SMILES string of the molecule is CCCCCCCCCCCC[NH+]1CCCC(CCC)C1.O=S(=O)([O-])C(F)(F)F. The van der Waals surface area contributed by atoms with Crippen LogP contribution in [-0.4, -0.2) is 38.1 Å². The number of hydrogen-bond donors (Lipinski definition) is 1. The summed E-state index contributed by atoms with van der Waals surface area (Å²) in [7, 11) is -6.09. The lowest BCUT2D eigenvalue weighted by atomic mass is 9.93. The van der Waals surface area contributed by atoms with Crippen LogP contribution in [0.4, 0.5) is 13.2 Å². The van der Waals surface area contributed by atoms with Crippen LogP contribution in [0.25, 0.3) is 0 Å². The van der Waals surface area contributed by atoms with E-state index in [0.717, 1.165) is 5.92 Å². The monoisotopic (exact) mass is 445 g/mol. The summed E-state index contributed by atoms with van der Waals surface area (Å²) in [5.41, 5.74) is -5.65. The predicted molar refractivity (Wildman–Crippen MR) is 111 cm³/mol. The number of alkyl halides is 3. The summed E-state index contributed by atoms with van der Waals surface area (Å²) in [6, 6.07) is 0. The van der Waals surface area contributed by atoms with Crippen molar-refractivity contribution in [1.29, 1.82) is 0 Å². The molecule has 1 aliphatic heterocycles. The Kier molecular flexibility index (Phi) is 16.2. The van der Waals surface area contributed by atoms with Gasteiger partial charge in [-0.3, -0.25) is 0 Å². The second-order valence-electron chi connectivity index (χ2n) is 8.33. The van der Waals surface area contributed by atoms with E-state index >= 15 is 0 Å². The molecule has 2 atom stereocenters. The minimum absolute atomic E-state index is 1.04. The van der Waals surface area contributed by atoms with Gasteiger partial charge in [-0.05, 0) is 32.1 Å². The molecule has 8 heteroatoms. The van der Waals surface area contributed by atoms with Crippen molar-refractivity contribution in [3.05, 3.63) is 0 Å². The number of piperidine rings is 1. The van der Waals surface area contributed by atoms with Gasteiger partial charge >= 0.3 is 5.51 Å². The van der Waals surface area contributed by atoms with Crippen molar-refractivity contribution in [2.45, 2.75) is 109 Å². The molecular formula is C21H42F3NO3S. The van der Waals surface area contributed by atoms with E-state index in [9.17, 15) is 13.2 Å². The van der Waals surface area contributed by atoms with Crippen LogP contribution in [-0.2, 0) is 10.1 Å². The Labute approximate surface area is 176 Å². The van der Waals surface area contributed by atoms with E-state index < -0.39 is 15.6 Å². The Morgan fingerprint density at radius 3 is 1.83 bits per heavy atom. The number of quaternary nitrogens is 1. The topological polar surface area (TPSA) is 61.6 Å². The summed E-state index contributed by atoms with van der Waals surface area (Å²) >= 11 is 0. The lowest BCUT2D eigenvalue weighted by Crippen LogP contribution is -3.13. The van der Waals surface area contributed by atoms with E-state index in [1.54, 1.807) is 0 Å². The Morgan fingerprint density at radius 1 is 0.897 bits per heavy atom. The molecule has 0 saturated carbocycles. The van der Waals surface area contributed by atoms with Gasteiger partial charge in [-0.25, -0.2) is 8.42 Å². The molecule has 1 fully saturated rings. The molecule has 0 amide bonds. The van der Waals surface area contributed by atoms with Crippen LogP contribution >= 0.6 is 0 Å². The molecule has 0 radical (unpaired) electrons. The first-order chi connectivity index (χ1) is 13.6. The summed E-state index contributed by atoms with van der Waals surface area (Å²) in [6.45, 7) is 9.03. The zero-order chi connectivity index (χ0) is 22.2. The highest BCUT2D eigenvalue weighted by Crippen LogP contribution is 2.20. The lowest BCUT2D eigenvalue weighted by Gasteiger charge is -2.29. The average Bonchev–Trinajstić information content (AvgIpc) is 2.63. The van der Waals surface area contributed by atoms with Crippen LogP contribution in [0.1, 0.15) is 104 Å². The van der Waals surface area contributed by atoms with Crippen LogP contribution in [0, 0.1) is 5.92 Å². The summed E-state index contributed by atoms with van der Waals surface area (Å²) in [5, 5.41) is 0. The molecule has 1 N–H and O–H groups in total. The molecule has 29 heavy (non-hydrogen) atoms. The molecule has 176 valence electrons. The number of nitrogens with one attached hydrogen (secondary N) is 1. The normalized spacial score (nSPS) is 20.2. The van der Waals surface area contributed by atoms with Crippen molar-refractivity contribution >= 4 is 10.1 Å². The first-order valence-electron chi connectivity index (χ1n) is 11.5. The minimum atomic E-state index is -6.09. The molecule has 0 aromatic carbocycles. The Bertz CT molecular complexity index is 482. The van der Waals surface area contributed by atoms with Gasteiger partial charge in [0.25, 0.3) is 0 Å². The fourth-order valence-electron chi connectivity index (χ4n) is 4.00. The molecular weight excluding hydrogens is 403 g/mol. The Hall–Kier alpha value is -0.340. The van der Waals surface area contributed by atoms with E-state index in [0.29, 0.717) is 0 Å². The van der Waals surface area contributed by atoms with Crippen molar-refractivity contribution in [3.63, 3.8) is 0 Å². The molecule has 1 saturated heterocycles. The first-order valence-corrected chi connectivity index (χ1v) is 12.9. The fourth-order valence-corrected chi connectivity index (χ4v) is 4.00. The molecule has 1 rings (SSSR count). The summed E-state index contributed by atoms with van der Waals surface area (Å²) in [5.74, 6) is 1.04. The van der Waals surface area contributed by atoms with Gasteiger partial charge in [0.15, 0.2) is 10.1 Å². The van der Waals surface area contributed by atoms with Crippen LogP contribution in [0.5, 0.6) is 0 Å². The van der Waals surface area contributed by atoms with E-state index in [2.05, 4.69) is 13.8 Å². The molecule has 0 aliphatic carbocycles. The van der Waals surface area contributed by atoms with Crippen LogP contribution < -0.4 is 4.90 Å². The van der Waals surface area contributed by atoms with Gasteiger partial charge in [0.2, 0.25) is 0 Å². The third kappa shape index (κ3) is 16.1. The Morgan fingerprint density at radius 2 is 1.38 bits per heavy atom. The molecule has 0 bridgehead atoms. The van der Waals surface area contributed by atoms with E-state index in [4.69, 9.17) is 13.0 Å². The predicted octanol–water partition coefficient (Wildman–Crippen LogP) is 5.05. The highest BCUT2D eigenvalue weighted by molar-refractivity contribution is 7.86. The third-order valence-electron chi connectivity index (χ3n) is 5.58. The van der Waals surface area contributed by atoms with Crippen molar-refractivity contribution in [2.75, 3.05) is 19.6 Å². The van der Waals surface area contributed by atoms with Gasteiger partial charge < -0.3 is 9.45 Å². The highest BCUT2D eigenvalue weighted by atomic mass is 32.2. The van der Waals surface area contributed by atoms with Gasteiger partial charge in [0.1, 0.15) is 0 Å². The first kappa shape index (κ1) is 28.7. The second-order valence-corrected chi connectivity index (χ2v) is 9.70. The molecule has 0 aromatic rings. The number of rotatable bonds is 13. The lowest BCUT2D eigenvalue weighted by molar-refractivity contribution is -0.909. The van der Waals surface area contributed by atoms with Gasteiger partial charge in [-0.15, -0.1) is 0 Å². The van der Waals surface area contributed by atoms with E-state index in [1.807, 2.05) is 4.90 Å². The number of likely N-dealkylation sites (tertiary alicyclic amines) is 1. The molecule has 1 heterocycles. The molecule has 4 nitrogen and oxygen atoms in total. The quantitative estimate of drug-likeness (QED) is 0.245. The fraction of sp³-hybridized carbons (Fsp3) is 1.00. The zero-order valence-electron chi connectivity index (χ0n) is 18.4. The molecule has 2 unspecified atom stereocenters. The minimum Gasteiger partial charge on any atom is -0.741 e. The maximum atomic E-state index is 10.7. The summed E-state index contributed by atoms with van der Waals surface area (Å²) in [4.78, 5) is 1.92. The second kappa shape index (κ2) is 16.4. The van der Waals surface area contributed by atoms with Gasteiger partial charge in [-0.2, -0.15) is 13.2 Å². The Balaban J connectivity index is 0.000000828. The van der Waals surface area contributed by atoms with Crippen molar-refractivity contribution in [1.82, 2.24) is 0 Å². The van der Waals surface area contributed by atoms with Crippen LogP contribution in [0.3, 0.4) is 0 Å². The van der Waals surface area contributed by atoms with E-state index in [1.165, 1.54) is 110 Å². The van der Waals surface area contributed by atoms with Gasteiger partial charge in [0.05, 0.1) is 19.6 Å². The molecule has 0 spiro atoms. The van der Waals surface area contributed by atoms with Crippen molar-refractivity contribution in [3.8, 4) is 0 Å². The zero-order valence-corrected chi connectivity index (χ0v) is 19.2. The van der Waals surface area contributed by atoms with Crippen molar-refractivity contribution < 1.29 is 31.0 Å². The van der Waals surface area contributed by atoms with E-state index in [-0.39, 0.29) is 0 Å². The number of halogens is 3. The molecule has 0 aromatic heterocycles. The number of unbranched alkanes of at least 4 members (excludes halogenated alkanes) is 9. The average molecular weight is 446 g/mol. The standard InChI is InChI=1S/C20H41N.CHF3O3S/c1-3-5-6-7-8-9-10-11-12-13-17-21-18-14-16-20(19-21)15-4-2;2-1(3,4)8(5,6)7/h20H,3-19H2,1-2H3;(H,5,6,7).